The molecular formula is C13H19NO5. The number of carboxylic acid groups (broad SMARTS) is 1. The molecule has 0 bridgehead atoms. The van der Waals surface area contributed by atoms with Crippen molar-refractivity contribution in [3.05, 3.63) is 23.8 Å². The summed E-state index contributed by atoms with van der Waals surface area (Å²) in [5.41, 5.74) is 0.568. The van der Waals surface area contributed by atoms with Gasteiger partial charge in [0.1, 0.15) is 0 Å². The highest BCUT2D eigenvalue weighted by atomic mass is 16.5. The average molecular weight is 269 g/mol. The maximum absolute atomic E-state index is 10.7. The third-order valence-corrected chi connectivity index (χ3v) is 2.90. The van der Waals surface area contributed by atoms with Crippen LogP contribution in [-0.4, -0.2) is 43.5 Å². The molecule has 6 heteroatoms. The Balaban J connectivity index is 2.97. The summed E-state index contributed by atoms with van der Waals surface area (Å²) in [5, 5.41) is 21.8. The van der Waals surface area contributed by atoms with Crippen LogP contribution in [0.3, 0.4) is 0 Å². The minimum absolute atomic E-state index is 0.175. The first-order chi connectivity index (χ1) is 9.03. The van der Waals surface area contributed by atoms with Crippen LogP contribution in [0, 0.1) is 0 Å². The van der Waals surface area contributed by atoms with Gasteiger partial charge in [-0.05, 0) is 24.7 Å². The highest BCUT2D eigenvalue weighted by Crippen LogP contribution is 2.31. The molecular weight excluding hydrogens is 250 g/mol. The van der Waals surface area contributed by atoms with E-state index in [0.29, 0.717) is 17.1 Å². The first-order valence-electron chi connectivity index (χ1n) is 5.82. The van der Waals surface area contributed by atoms with Gasteiger partial charge in [-0.1, -0.05) is 6.07 Å². The van der Waals surface area contributed by atoms with Crippen molar-refractivity contribution in [2.75, 3.05) is 21.3 Å². The largest absolute Gasteiger partial charge is 0.493 e. The minimum atomic E-state index is -0.973. The van der Waals surface area contributed by atoms with Crippen molar-refractivity contribution in [3.8, 4) is 11.5 Å². The molecule has 1 aromatic rings. The van der Waals surface area contributed by atoms with E-state index >= 15 is 0 Å². The first kappa shape index (κ1) is 15.3. The number of carboxylic acids is 1. The molecule has 0 fully saturated rings. The van der Waals surface area contributed by atoms with Crippen LogP contribution in [0.5, 0.6) is 11.5 Å². The zero-order valence-corrected chi connectivity index (χ0v) is 11.2. The second kappa shape index (κ2) is 6.96. The van der Waals surface area contributed by atoms with Crippen molar-refractivity contribution in [3.63, 3.8) is 0 Å². The highest BCUT2D eigenvalue weighted by Gasteiger charge is 2.23. The smallest absolute Gasteiger partial charge is 0.305 e. The molecule has 106 valence electrons. The lowest BCUT2D eigenvalue weighted by Gasteiger charge is -2.22. The van der Waals surface area contributed by atoms with Gasteiger partial charge in [-0.25, -0.2) is 0 Å². The van der Waals surface area contributed by atoms with Gasteiger partial charge in [0, 0.05) is 6.04 Å². The Morgan fingerprint density at radius 3 is 2.42 bits per heavy atom. The van der Waals surface area contributed by atoms with E-state index in [4.69, 9.17) is 14.6 Å². The van der Waals surface area contributed by atoms with Crippen molar-refractivity contribution in [1.82, 2.24) is 5.32 Å². The van der Waals surface area contributed by atoms with Crippen LogP contribution in [-0.2, 0) is 4.79 Å². The Bertz CT molecular complexity index is 435. The van der Waals surface area contributed by atoms with E-state index in [1.54, 1.807) is 25.2 Å². The van der Waals surface area contributed by atoms with Gasteiger partial charge in [0.05, 0.1) is 26.7 Å². The van der Waals surface area contributed by atoms with Crippen LogP contribution in [0.4, 0.5) is 0 Å². The van der Waals surface area contributed by atoms with Crippen LogP contribution in [0.2, 0.25) is 0 Å². The SMILES string of the molecule is CNC(CC(=O)O)C(O)c1ccc(OC)c(OC)c1. The summed E-state index contributed by atoms with van der Waals surface area (Å²) in [6.45, 7) is 0. The second-order valence-corrected chi connectivity index (χ2v) is 4.05. The van der Waals surface area contributed by atoms with Crippen LogP contribution < -0.4 is 14.8 Å². The van der Waals surface area contributed by atoms with E-state index < -0.39 is 18.1 Å². The average Bonchev–Trinajstić information content (AvgIpc) is 2.42. The number of aliphatic hydroxyl groups is 1. The monoisotopic (exact) mass is 269 g/mol. The van der Waals surface area contributed by atoms with E-state index in [1.165, 1.54) is 14.2 Å². The van der Waals surface area contributed by atoms with E-state index in [2.05, 4.69) is 5.32 Å². The molecule has 3 N–H and O–H groups in total. The predicted molar refractivity (Wildman–Crippen MR) is 69.6 cm³/mol. The highest BCUT2D eigenvalue weighted by molar-refractivity contribution is 5.67. The number of aliphatic carboxylic acids is 1. The summed E-state index contributed by atoms with van der Waals surface area (Å²) in [6.07, 6.45) is -1.12. The normalized spacial score (nSPS) is 13.7. The lowest BCUT2D eigenvalue weighted by atomic mass is 9.99. The number of carbonyl (C=O) groups is 1. The molecule has 1 rings (SSSR count). The molecule has 2 unspecified atom stereocenters. The molecule has 0 amide bonds. The van der Waals surface area contributed by atoms with E-state index in [0.717, 1.165) is 0 Å². The Morgan fingerprint density at radius 2 is 1.95 bits per heavy atom. The van der Waals surface area contributed by atoms with Crippen molar-refractivity contribution in [2.24, 2.45) is 0 Å². The molecule has 0 spiro atoms. The van der Waals surface area contributed by atoms with Gasteiger partial charge in [0.15, 0.2) is 11.5 Å². The molecule has 0 aliphatic carbocycles. The fraction of sp³-hybridized carbons (Fsp3) is 0.462. The molecule has 0 saturated heterocycles. The van der Waals surface area contributed by atoms with Crippen molar-refractivity contribution in [1.29, 1.82) is 0 Å². The number of hydrogen-bond acceptors (Lipinski definition) is 5. The zero-order valence-electron chi connectivity index (χ0n) is 11.2. The molecule has 0 aliphatic heterocycles. The van der Waals surface area contributed by atoms with Gasteiger partial charge in [-0.3, -0.25) is 4.79 Å². The lowest BCUT2D eigenvalue weighted by molar-refractivity contribution is -0.138. The Kier molecular flexibility index (Phi) is 5.59. The molecule has 1 aromatic carbocycles. The second-order valence-electron chi connectivity index (χ2n) is 4.05. The lowest BCUT2D eigenvalue weighted by Crippen LogP contribution is -2.34. The summed E-state index contributed by atoms with van der Waals surface area (Å²) in [4.78, 5) is 10.7. The Hall–Kier alpha value is -1.79. The van der Waals surface area contributed by atoms with Crippen molar-refractivity contribution < 1.29 is 24.5 Å². The fourth-order valence-corrected chi connectivity index (χ4v) is 1.83. The van der Waals surface area contributed by atoms with Gasteiger partial charge in [-0.15, -0.1) is 0 Å². The molecule has 0 aromatic heterocycles. The number of ether oxygens (including phenoxy) is 2. The molecule has 0 heterocycles. The maximum atomic E-state index is 10.7. The molecule has 0 radical (unpaired) electrons. The van der Waals surface area contributed by atoms with Crippen molar-refractivity contribution in [2.45, 2.75) is 18.6 Å². The topological polar surface area (TPSA) is 88.0 Å². The van der Waals surface area contributed by atoms with Gasteiger partial charge < -0.3 is 25.0 Å². The first-order valence-corrected chi connectivity index (χ1v) is 5.82. The number of methoxy groups -OCH3 is 2. The third-order valence-electron chi connectivity index (χ3n) is 2.90. The minimum Gasteiger partial charge on any atom is -0.493 e. The quantitative estimate of drug-likeness (QED) is 0.678. The number of likely N-dealkylation sites (N-methyl/N-ethyl adjacent to an activating group) is 1. The van der Waals surface area contributed by atoms with Gasteiger partial charge in [0.2, 0.25) is 0 Å². The van der Waals surface area contributed by atoms with Crippen LogP contribution >= 0.6 is 0 Å². The van der Waals surface area contributed by atoms with Crippen LogP contribution in [0.1, 0.15) is 18.1 Å². The van der Waals surface area contributed by atoms with Crippen molar-refractivity contribution >= 4 is 5.97 Å². The third kappa shape index (κ3) is 3.84. The Labute approximate surface area is 112 Å². The predicted octanol–water partition coefficient (Wildman–Crippen LogP) is 0.800. The molecule has 2 atom stereocenters. The Morgan fingerprint density at radius 1 is 1.32 bits per heavy atom. The zero-order chi connectivity index (χ0) is 14.4. The summed E-state index contributed by atoms with van der Waals surface area (Å²) < 4.78 is 10.3. The summed E-state index contributed by atoms with van der Waals surface area (Å²) in [7, 11) is 4.63. The summed E-state index contributed by atoms with van der Waals surface area (Å²) >= 11 is 0. The van der Waals surface area contributed by atoms with Gasteiger partial charge >= 0.3 is 5.97 Å². The van der Waals surface area contributed by atoms with Crippen LogP contribution in [0.15, 0.2) is 18.2 Å². The van der Waals surface area contributed by atoms with Gasteiger partial charge in [-0.2, -0.15) is 0 Å². The number of rotatable bonds is 7. The standard InChI is InChI=1S/C13H19NO5/c1-14-9(7-12(15)16)13(17)8-4-5-10(18-2)11(6-8)19-3/h4-6,9,13-14,17H,7H2,1-3H3,(H,15,16). The maximum Gasteiger partial charge on any atom is 0.305 e. The van der Waals surface area contributed by atoms with E-state index in [1.807, 2.05) is 0 Å². The number of benzene rings is 1. The van der Waals surface area contributed by atoms with Gasteiger partial charge in [0.25, 0.3) is 0 Å². The van der Waals surface area contributed by atoms with E-state index in [-0.39, 0.29) is 6.42 Å². The summed E-state index contributed by atoms with van der Waals surface area (Å²) in [5.74, 6) is 0.0702. The fourth-order valence-electron chi connectivity index (χ4n) is 1.83. The molecule has 19 heavy (non-hydrogen) atoms. The number of aliphatic hydroxyl groups excluding tert-OH is 1. The number of hydrogen-bond donors (Lipinski definition) is 3. The van der Waals surface area contributed by atoms with Crippen LogP contribution in [0.25, 0.3) is 0 Å². The van der Waals surface area contributed by atoms with E-state index in [9.17, 15) is 9.90 Å². The summed E-state index contributed by atoms with van der Waals surface area (Å²) in [6, 6.07) is 4.41. The number of nitrogens with one attached hydrogen (secondary N) is 1. The molecule has 0 aliphatic rings. The molecule has 6 nitrogen and oxygen atoms in total. The molecule has 0 saturated carbocycles.